The number of aromatic nitrogens is 6. The first-order valence-electron chi connectivity index (χ1n) is 7.92. The second-order valence-electron chi connectivity index (χ2n) is 5.81. The quantitative estimate of drug-likeness (QED) is 0.558. The van der Waals surface area contributed by atoms with E-state index < -0.39 is 0 Å². The molecular formula is C17H13N7O. The summed E-state index contributed by atoms with van der Waals surface area (Å²) < 4.78 is 3.61. The molecule has 0 spiro atoms. The molecule has 1 aliphatic rings. The number of nitrogens with zero attached hydrogens (tertiary/aromatic N) is 7. The van der Waals surface area contributed by atoms with Crippen molar-refractivity contribution < 1.29 is 4.79 Å². The monoisotopic (exact) mass is 331 g/mol. The molecule has 4 aromatic rings. The molecule has 0 fully saturated rings. The van der Waals surface area contributed by atoms with Gasteiger partial charge in [-0.2, -0.15) is 0 Å². The number of carbonyl (C=O) groups is 1. The lowest BCUT2D eigenvalue weighted by atomic mass is 10.2. The molecule has 5 rings (SSSR count). The van der Waals surface area contributed by atoms with E-state index in [1.165, 1.54) is 11.0 Å². The largest absolute Gasteiger partial charge is 0.308 e. The fourth-order valence-corrected chi connectivity index (χ4v) is 3.20. The third-order valence-electron chi connectivity index (χ3n) is 4.37. The van der Waals surface area contributed by atoms with E-state index >= 15 is 0 Å². The molecule has 0 bridgehead atoms. The van der Waals surface area contributed by atoms with E-state index in [1.807, 2.05) is 36.4 Å². The fraction of sp³-hybridized carbons (Fsp3) is 0.118. The number of carbonyl (C=O) groups excluding carboxylic acids is 1. The van der Waals surface area contributed by atoms with Gasteiger partial charge in [0.15, 0.2) is 0 Å². The van der Waals surface area contributed by atoms with Crippen LogP contribution in [0.3, 0.4) is 0 Å². The molecule has 1 aliphatic heterocycles. The molecule has 122 valence electrons. The molecule has 2 aromatic heterocycles. The van der Waals surface area contributed by atoms with Gasteiger partial charge in [0.1, 0.15) is 6.33 Å². The van der Waals surface area contributed by atoms with Crippen LogP contribution in [0.15, 0.2) is 54.9 Å². The fourth-order valence-electron chi connectivity index (χ4n) is 3.20. The first-order valence-corrected chi connectivity index (χ1v) is 7.92. The van der Waals surface area contributed by atoms with Gasteiger partial charge in [-0.15, -0.1) is 5.10 Å². The molecule has 0 N–H and O–H groups in total. The molecule has 0 saturated heterocycles. The number of tetrazole rings is 1. The van der Waals surface area contributed by atoms with E-state index in [4.69, 9.17) is 0 Å². The third kappa shape index (κ3) is 2.11. The highest BCUT2D eigenvalue weighted by atomic mass is 16.2. The molecule has 0 radical (unpaired) electrons. The van der Waals surface area contributed by atoms with Gasteiger partial charge in [0.25, 0.3) is 5.91 Å². The van der Waals surface area contributed by atoms with Crippen LogP contribution in [0, 0.1) is 0 Å². The van der Waals surface area contributed by atoms with Gasteiger partial charge in [-0.05, 0) is 40.8 Å². The minimum Gasteiger partial charge on any atom is -0.308 e. The Labute approximate surface area is 142 Å². The van der Waals surface area contributed by atoms with Crippen molar-refractivity contribution in [3.05, 3.63) is 60.4 Å². The van der Waals surface area contributed by atoms with Crippen molar-refractivity contribution in [1.82, 2.24) is 29.8 Å². The lowest BCUT2D eigenvalue weighted by Crippen LogP contribution is -2.29. The van der Waals surface area contributed by atoms with E-state index in [0.717, 1.165) is 23.3 Å². The normalized spacial score (nSPS) is 13.4. The van der Waals surface area contributed by atoms with Crippen molar-refractivity contribution in [1.29, 1.82) is 0 Å². The topological polar surface area (TPSA) is 81.7 Å². The lowest BCUT2D eigenvalue weighted by molar-refractivity contribution is 0.0988. The second-order valence-corrected chi connectivity index (χ2v) is 5.81. The average molecular weight is 331 g/mol. The maximum absolute atomic E-state index is 13.0. The van der Waals surface area contributed by atoms with Crippen molar-refractivity contribution in [2.45, 2.75) is 6.54 Å². The van der Waals surface area contributed by atoms with E-state index in [1.54, 1.807) is 17.0 Å². The highest BCUT2D eigenvalue weighted by molar-refractivity contribution is 6.06. The Balaban J connectivity index is 1.53. The van der Waals surface area contributed by atoms with Crippen LogP contribution < -0.4 is 4.90 Å². The predicted octanol–water partition coefficient (Wildman–Crippen LogP) is 1.67. The Hall–Kier alpha value is -3.55. The zero-order valence-electron chi connectivity index (χ0n) is 13.1. The third-order valence-corrected chi connectivity index (χ3v) is 4.37. The molecule has 0 atom stereocenters. The predicted molar refractivity (Wildman–Crippen MR) is 90.6 cm³/mol. The molecule has 0 aliphatic carbocycles. The smallest absolute Gasteiger partial charge is 0.260 e. The number of benzene rings is 2. The van der Waals surface area contributed by atoms with Gasteiger partial charge in [0.05, 0.1) is 16.7 Å². The Morgan fingerprint density at radius 1 is 1.04 bits per heavy atom. The maximum atomic E-state index is 13.0. The van der Waals surface area contributed by atoms with Crippen LogP contribution in [-0.2, 0) is 6.54 Å². The summed E-state index contributed by atoms with van der Waals surface area (Å²) >= 11 is 0. The van der Waals surface area contributed by atoms with E-state index in [-0.39, 0.29) is 5.91 Å². The molecule has 0 saturated carbocycles. The zero-order chi connectivity index (χ0) is 16.8. The number of amides is 1. The first kappa shape index (κ1) is 13.8. The molecule has 3 heterocycles. The summed E-state index contributed by atoms with van der Waals surface area (Å²) in [6.07, 6.45) is 1.50. The van der Waals surface area contributed by atoms with Gasteiger partial charge >= 0.3 is 0 Å². The van der Waals surface area contributed by atoms with Crippen molar-refractivity contribution >= 4 is 22.9 Å². The van der Waals surface area contributed by atoms with Crippen molar-refractivity contribution in [2.75, 3.05) is 11.4 Å². The summed E-state index contributed by atoms with van der Waals surface area (Å²) in [6, 6.07) is 15.2. The van der Waals surface area contributed by atoms with Gasteiger partial charge < -0.3 is 4.57 Å². The summed E-state index contributed by atoms with van der Waals surface area (Å²) in [5.41, 5.74) is 3.27. The van der Waals surface area contributed by atoms with Crippen LogP contribution in [0.25, 0.3) is 16.7 Å². The van der Waals surface area contributed by atoms with Gasteiger partial charge in [0.2, 0.25) is 5.95 Å². The summed E-state index contributed by atoms with van der Waals surface area (Å²) in [6.45, 7) is 1.36. The SMILES string of the molecule is O=C(c1cccc(-n2cnnn2)c1)N1CCn2c1nc1ccccc12. The highest BCUT2D eigenvalue weighted by Gasteiger charge is 2.29. The zero-order valence-corrected chi connectivity index (χ0v) is 13.1. The van der Waals surface area contributed by atoms with Crippen molar-refractivity contribution in [3.63, 3.8) is 0 Å². The number of anilines is 1. The first-order chi connectivity index (χ1) is 12.3. The van der Waals surface area contributed by atoms with Crippen LogP contribution in [-0.4, -0.2) is 42.2 Å². The Bertz CT molecular complexity index is 1080. The minimum atomic E-state index is -0.0796. The number of hydrogen-bond donors (Lipinski definition) is 0. The molecule has 1 amide bonds. The van der Waals surface area contributed by atoms with Gasteiger partial charge in [0, 0.05) is 18.7 Å². The van der Waals surface area contributed by atoms with Gasteiger partial charge in [-0.25, -0.2) is 9.67 Å². The summed E-state index contributed by atoms with van der Waals surface area (Å²) in [7, 11) is 0. The number of imidazole rings is 1. The molecule has 8 nitrogen and oxygen atoms in total. The number of hydrogen-bond acceptors (Lipinski definition) is 5. The minimum absolute atomic E-state index is 0.0796. The maximum Gasteiger partial charge on any atom is 0.260 e. The standard InChI is InChI=1S/C17H13N7O/c25-16(12-4-3-5-13(10-12)24-11-18-20-21-24)23-9-8-22-15-7-2-1-6-14(15)19-17(22)23/h1-7,10-11H,8-9H2. The number of para-hydroxylation sites is 2. The molecule has 25 heavy (non-hydrogen) atoms. The van der Waals surface area contributed by atoms with Crippen LogP contribution in [0.1, 0.15) is 10.4 Å². The number of fused-ring (bicyclic) bond motifs is 3. The Morgan fingerprint density at radius 2 is 1.96 bits per heavy atom. The lowest BCUT2D eigenvalue weighted by Gasteiger charge is -2.14. The molecule has 2 aromatic carbocycles. The Morgan fingerprint density at radius 3 is 2.84 bits per heavy atom. The Kier molecular flexibility index (Phi) is 2.90. The van der Waals surface area contributed by atoms with Gasteiger partial charge in [-0.3, -0.25) is 9.69 Å². The van der Waals surface area contributed by atoms with E-state index in [9.17, 15) is 4.79 Å². The van der Waals surface area contributed by atoms with Crippen LogP contribution in [0.4, 0.5) is 5.95 Å². The van der Waals surface area contributed by atoms with E-state index in [2.05, 4.69) is 25.1 Å². The summed E-state index contributed by atoms with van der Waals surface area (Å²) in [5.74, 6) is 0.614. The highest BCUT2D eigenvalue weighted by Crippen LogP contribution is 2.28. The van der Waals surface area contributed by atoms with Crippen LogP contribution in [0.5, 0.6) is 0 Å². The molecule has 8 heteroatoms. The van der Waals surface area contributed by atoms with Crippen molar-refractivity contribution in [2.24, 2.45) is 0 Å². The summed E-state index contributed by atoms with van der Waals surface area (Å²) in [4.78, 5) is 19.4. The number of rotatable bonds is 2. The van der Waals surface area contributed by atoms with Gasteiger partial charge in [-0.1, -0.05) is 18.2 Å². The molecular weight excluding hydrogens is 318 g/mol. The van der Waals surface area contributed by atoms with E-state index in [0.29, 0.717) is 18.1 Å². The second kappa shape index (κ2) is 5.23. The van der Waals surface area contributed by atoms with Crippen LogP contribution in [0.2, 0.25) is 0 Å². The summed E-state index contributed by atoms with van der Waals surface area (Å²) in [5, 5.41) is 11.1. The van der Waals surface area contributed by atoms with Crippen LogP contribution >= 0.6 is 0 Å². The molecule has 0 unspecified atom stereocenters. The average Bonchev–Trinajstić information content (AvgIpc) is 3.37. The van der Waals surface area contributed by atoms with Crippen molar-refractivity contribution in [3.8, 4) is 5.69 Å².